The summed E-state index contributed by atoms with van der Waals surface area (Å²) in [6.45, 7) is 8.97. The average Bonchev–Trinajstić information content (AvgIpc) is 2.30. The highest BCUT2D eigenvalue weighted by molar-refractivity contribution is 5.73. The first-order valence-electron chi connectivity index (χ1n) is 6.43. The van der Waals surface area contributed by atoms with Crippen LogP contribution in [0.1, 0.15) is 40.5 Å². The van der Waals surface area contributed by atoms with Gasteiger partial charge in [-0.25, -0.2) is 0 Å². The SMILES string of the molecule is CCCC(C)C(C(=O)OC)C(OCC)OCC. The molecule has 0 aliphatic carbocycles. The molecule has 0 aromatic heterocycles. The van der Waals surface area contributed by atoms with Crippen LogP contribution < -0.4 is 0 Å². The Labute approximate surface area is 105 Å². The summed E-state index contributed by atoms with van der Waals surface area (Å²) in [5.74, 6) is -0.409. The van der Waals surface area contributed by atoms with E-state index in [0.29, 0.717) is 13.2 Å². The van der Waals surface area contributed by atoms with Crippen LogP contribution >= 0.6 is 0 Å². The Bertz CT molecular complexity index is 200. The zero-order chi connectivity index (χ0) is 13.3. The first-order chi connectivity index (χ1) is 8.12. The summed E-state index contributed by atoms with van der Waals surface area (Å²) in [5, 5.41) is 0. The van der Waals surface area contributed by atoms with Crippen molar-refractivity contribution in [2.45, 2.75) is 46.8 Å². The maximum atomic E-state index is 11.8. The summed E-state index contributed by atoms with van der Waals surface area (Å²) in [5.41, 5.74) is 0. The zero-order valence-electron chi connectivity index (χ0n) is 11.7. The molecule has 0 heterocycles. The zero-order valence-corrected chi connectivity index (χ0v) is 11.7. The summed E-state index contributed by atoms with van der Waals surface area (Å²) in [6, 6.07) is 0. The van der Waals surface area contributed by atoms with Crippen LogP contribution in [0.4, 0.5) is 0 Å². The highest BCUT2D eigenvalue weighted by Gasteiger charge is 2.34. The maximum Gasteiger partial charge on any atom is 0.314 e. The van der Waals surface area contributed by atoms with Crippen molar-refractivity contribution in [3.63, 3.8) is 0 Å². The third-order valence-corrected chi connectivity index (χ3v) is 2.79. The highest BCUT2D eigenvalue weighted by Crippen LogP contribution is 2.25. The number of rotatable bonds is 9. The Morgan fingerprint density at radius 2 is 1.65 bits per heavy atom. The van der Waals surface area contributed by atoms with Crippen molar-refractivity contribution in [3.05, 3.63) is 0 Å². The molecule has 0 rings (SSSR count). The minimum absolute atomic E-state index is 0.190. The van der Waals surface area contributed by atoms with Gasteiger partial charge in [0.15, 0.2) is 6.29 Å². The number of carbonyl (C=O) groups excluding carboxylic acids is 1. The Kier molecular flexibility index (Phi) is 9.09. The fourth-order valence-electron chi connectivity index (χ4n) is 1.97. The van der Waals surface area contributed by atoms with Crippen LogP contribution in [0.2, 0.25) is 0 Å². The summed E-state index contributed by atoms with van der Waals surface area (Å²) < 4.78 is 15.9. The summed E-state index contributed by atoms with van der Waals surface area (Å²) >= 11 is 0. The predicted molar refractivity (Wildman–Crippen MR) is 66.6 cm³/mol. The van der Waals surface area contributed by atoms with E-state index in [0.717, 1.165) is 12.8 Å². The molecule has 102 valence electrons. The number of hydrogen-bond donors (Lipinski definition) is 0. The van der Waals surface area contributed by atoms with Gasteiger partial charge in [-0.3, -0.25) is 4.79 Å². The lowest BCUT2D eigenvalue weighted by Gasteiger charge is -2.29. The molecule has 0 bridgehead atoms. The molecule has 0 aromatic rings. The van der Waals surface area contributed by atoms with Gasteiger partial charge in [0.05, 0.1) is 7.11 Å². The second-order valence-electron chi connectivity index (χ2n) is 4.09. The fourth-order valence-corrected chi connectivity index (χ4v) is 1.97. The molecule has 0 saturated heterocycles. The molecule has 0 N–H and O–H groups in total. The van der Waals surface area contributed by atoms with Gasteiger partial charge >= 0.3 is 5.97 Å². The van der Waals surface area contributed by atoms with Crippen molar-refractivity contribution < 1.29 is 19.0 Å². The van der Waals surface area contributed by atoms with Crippen LogP contribution in [0, 0.1) is 11.8 Å². The second kappa shape index (κ2) is 9.42. The molecule has 4 heteroatoms. The normalized spacial score (nSPS) is 14.7. The van der Waals surface area contributed by atoms with E-state index in [1.54, 1.807) is 0 Å². The monoisotopic (exact) mass is 246 g/mol. The van der Waals surface area contributed by atoms with E-state index in [9.17, 15) is 4.79 Å². The highest BCUT2D eigenvalue weighted by atomic mass is 16.7. The Morgan fingerprint density at radius 3 is 2.00 bits per heavy atom. The van der Waals surface area contributed by atoms with Gasteiger partial charge in [0.1, 0.15) is 5.92 Å². The topological polar surface area (TPSA) is 44.8 Å². The Morgan fingerprint density at radius 1 is 1.12 bits per heavy atom. The van der Waals surface area contributed by atoms with Gasteiger partial charge < -0.3 is 14.2 Å². The minimum atomic E-state index is -0.501. The standard InChI is InChI=1S/C13H26O4/c1-6-9-10(4)11(12(14)15-5)13(16-7-2)17-8-3/h10-11,13H,6-9H2,1-5H3. The third kappa shape index (κ3) is 5.50. The average molecular weight is 246 g/mol. The van der Waals surface area contributed by atoms with E-state index in [4.69, 9.17) is 14.2 Å². The van der Waals surface area contributed by atoms with Crippen LogP contribution in [-0.4, -0.2) is 32.6 Å². The van der Waals surface area contributed by atoms with Crippen LogP contribution in [-0.2, 0) is 19.0 Å². The van der Waals surface area contributed by atoms with Crippen molar-refractivity contribution in [1.29, 1.82) is 0 Å². The van der Waals surface area contributed by atoms with Gasteiger partial charge in [-0.05, 0) is 26.2 Å². The van der Waals surface area contributed by atoms with E-state index in [1.807, 2.05) is 20.8 Å². The third-order valence-electron chi connectivity index (χ3n) is 2.79. The molecule has 0 saturated carbocycles. The molecule has 0 amide bonds. The number of methoxy groups -OCH3 is 1. The van der Waals surface area contributed by atoms with E-state index in [-0.39, 0.29) is 17.8 Å². The Hall–Kier alpha value is -0.610. The summed E-state index contributed by atoms with van der Waals surface area (Å²) in [4.78, 5) is 11.8. The smallest absolute Gasteiger partial charge is 0.314 e. The van der Waals surface area contributed by atoms with Crippen molar-refractivity contribution in [3.8, 4) is 0 Å². The molecule has 0 aliphatic heterocycles. The molecule has 0 fully saturated rings. The molecule has 0 aromatic carbocycles. The second-order valence-corrected chi connectivity index (χ2v) is 4.09. The lowest BCUT2D eigenvalue weighted by atomic mass is 9.89. The molecule has 0 radical (unpaired) electrons. The molecule has 0 spiro atoms. The van der Waals surface area contributed by atoms with Gasteiger partial charge in [0.2, 0.25) is 0 Å². The number of ether oxygens (including phenoxy) is 3. The van der Waals surface area contributed by atoms with Crippen LogP contribution in [0.15, 0.2) is 0 Å². The molecule has 2 atom stereocenters. The van der Waals surface area contributed by atoms with Gasteiger partial charge in [0, 0.05) is 13.2 Å². The Balaban J connectivity index is 4.76. The number of hydrogen-bond acceptors (Lipinski definition) is 4. The van der Waals surface area contributed by atoms with Crippen LogP contribution in [0.5, 0.6) is 0 Å². The summed E-state index contributed by atoms with van der Waals surface area (Å²) in [7, 11) is 1.41. The lowest BCUT2D eigenvalue weighted by molar-refractivity contribution is -0.195. The van der Waals surface area contributed by atoms with Crippen molar-refractivity contribution in [2.24, 2.45) is 11.8 Å². The molecular formula is C13H26O4. The fraction of sp³-hybridized carbons (Fsp3) is 0.923. The molecule has 0 aliphatic rings. The van der Waals surface area contributed by atoms with Gasteiger partial charge in [-0.1, -0.05) is 20.3 Å². The van der Waals surface area contributed by atoms with Crippen LogP contribution in [0.3, 0.4) is 0 Å². The number of esters is 1. The van der Waals surface area contributed by atoms with Crippen molar-refractivity contribution in [2.75, 3.05) is 20.3 Å². The predicted octanol–water partition coefficient (Wildman–Crippen LogP) is 2.61. The molecule has 17 heavy (non-hydrogen) atoms. The van der Waals surface area contributed by atoms with E-state index < -0.39 is 6.29 Å². The maximum absolute atomic E-state index is 11.8. The lowest BCUT2D eigenvalue weighted by Crippen LogP contribution is -2.38. The number of carbonyl (C=O) groups is 1. The first kappa shape index (κ1) is 16.4. The van der Waals surface area contributed by atoms with Gasteiger partial charge in [-0.2, -0.15) is 0 Å². The van der Waals surface area contributed by atoms with E-state index >= 15 is 0 Å². The van der Waals surface area contributed by atoms with Crippen molar-refractivity contribution >= 4 is 5.97 Å². The van der Waals surface area contributed by atoms with E-state index in [2.05, 4.69) is 6.92 Å². The largest absolute Gasteiger partial charge is 0.469 e. The van der Waals surface area contributed by atoms with E-state index in [1.165, 1.54) is 7.11 Å². The minimum Gasteiger partial charge on any atom is -0.469 e. The summed E-state index contributed by atoms with van der Waals surface area (Å²) in [6.07, 6.45) is 1.48. The van der Waals surface area contributed by atoms with Crippen molar-refractivity contribution in [1.82, 2.24) is 0 Å². The van der Waals surface area contributed by atoms with Gasteiger partial charge in [-0.15, -0.1) is 0 Å². The van der Waals surface area contributed by atoms with Crippen LogP contribution in [0.25, 0.3) is 0 Å². The molecular weight excluding hydrogens is 220 g/mol. The van der Waals surface area contributed by atoms with Gasteiger partial charge in [0.25, 0.3) is 0 Å². The first-order valence-corrected chi connectivity index (χ1v) is 6.43. The molecule has 4 nitrogen and oxygen atoms in total. The molecule has 2 unspecified atom stereocenters. The quantitative estimate of drug-likeness (QED) is 0.463.